The molecule has 5 nitrogen and oxygen atoms in total. The van der Waals surface area contributed by atoms with Crippen LogP contribution in [0.15, 0.2) is 30.3 Å². The molecule has 0 aliphatic heterocycles. The van der Waals surface area contributed by atoms with Crippen LogP contribution in [-0.2, 0) is 9.53 Å². The van der Waals surface area contributed by atoms with Gasteiger partial charge in [0.1, 0.15) is 6.04 Å². The molecule has 0 aromatic heterocycles. The summed E-state index contributed by atoms with van der Waals surface area (Å²) in [5.74, 6) is -0.969. The summed E-state index contributed by atoms with van der Waals surface area (Å²) in [7, 11) is 0. The highest BCUT2D eigenvalue weighted by Gasteiger charge is 2.20. The Balaban J connectivity index is 2.49. The van der Waals surface area contributed by atoms with Gasteiger partial charge in [-0.25, -0.2) is 0 Å². The lowest BCUT2D eigenvalue weighted by Gasteiger charge is -2.18. The molecule has 0 amide bonds. The maximum absolute atomic E-state index is 11.2. The SMILES string of the molecule is CC(C)OCC(O)CNC(C(=O)O)c1ccccc1. The van der Waals surface area contributed by atoms with Crippen LogP contribution in [0.1, 0.15) is 25.5 Å². The molecule has 5 heteroatoms. The molecule has 106 valence electrons. The summed E-state index contributed by atoms with van der Waals surface area (Å²) in [6.07, 6.45) is -0.688. The van der Waals surface area contributed by atoms with E-state index >= 15 is 0 Å². The van der Waals surface area contributed by atoms with Gasteiger partial charge in [-0.2, -0.15) is 0 Å². The number of benzene rings is 1. The van der Waals surface area contributed by atoms with E-state index in [4.69, 9.17) is 4.74 Å². The van der Waals surface area contributed by atoms with Crippen LogP contribution in [0, 0.1) is 0 Å². The number of aliphatic hydroxyl groups is 1. The highest BCUT2D eigenvalue weighted by Crippen LogP contribution is 2.12. The number of carbonyl (C=O) groups is 1. The zero-order valence-corrected chi connectivity index (χ0v) is 11.2. The second-order valence-corrected chi connectivity index (χ2v) is 4.63. The summed E-state index contributed by atoms with van der Waals surface area (Å²) in [6, 6.07) is 8.05. The van der Waals surface area contributed by atoms with Crippen LogP contribution >= 0.6 is 0 Å². The molecule has 3 N–H and O–H groups in total. The maximum atomic E-state index is 11.2. The molecule has 0 bridgehead atoms. The first-order chi connectivity index (χ1) is 9.00. The highest BCUT2D eigenvalue weighted by atomic mass is 16.5. The molecule has 0 heterocycles. The van der Waals surface area contributed by atoms with E-state index in [0.717, 1.165) is 0 Å². The fourth-order valence-electron chi connectivity index (χ4n) is 1.61. The molecule has 0 saturated heterocycles. The minimum Gasteiger partial charge on any atom is -0.480 e. The van der Waals surface area contributed by atoms with Crippen LogP contribution < -0.4 is 5.32 Å². The van der Waals surface area contributed by atoms with Crippen molar-refractivity contribution in [3.8, 4) is 0 Å². The van der Waals surface area contributed by atoms with Crippen LogP contribution in [0.5, 0.6) is 0 Å². The molecule has 0 aliphatic carbocycles. The van der Waals surface area contributed by atoms with Gasteiger partial charge in [0.25, 0.3) is 0 Å². The Kier molecular flexibility index (Phi) is 6.49. The molecule has 0 saturated carbocycles. The Hall–Kier alpha value is -1.43. The number of aliphatic hydroxyl groups excluding tert-OH is 1. The normalized spacial score (nSPS) is 14.3. The number of aliphatic carboxylic acids is 1. The quantitative estimate of drug-likeness (QED) is 0.659. The smallest absolute Gasteiger partial charge is 0.325 e. The first kappa shape index (κ1) is 15.6. The number of hydrogen-bond donors (Lipinski definition) is 3. The minimum absolute atomic E-state index is 0.0408. The summed E-state index contributed by atoms with van der Waals surface area (Å²) < 4.78 is 5.26. The van der Waals surface area contributed by atoms with E-state index in [1.54, 1.807) is 24.3 Å². The van der Waals surface area contributed by atoms with Crippen molar-refractivity contribution >= 4 is 5.97 Å². The van der Waals surface area contributed by atoms with E-state index in [0.29, 0.717) is 5.56 Å². The first-order valence-corrected chi connectivity index (χ1v) is 6.31. The monoisotopic (exact) mass is 267 g/mol. The number of carboxylic acid groups (broad SMARTS) is 1. The van der Waals surface area contributed by atoms with Gasteiger partial charge in [0.05, 0.1) is 18.8 Å². The zero-order valence-electron chi connectivity index (χ0n) is 11.2. The van der Waals surface area contributed by atoms with Gasteiger partial charge in [0, 0.05) is 6.54 Å². The Morgan fingerprint density at radius 1 is 1.32 bits per heavy atom. The molecule has 0 fully saturated rings. The Labute approximate surface area is 113 Å². The van der Waals surface area contributed by atoms with Crippen molar-refractivity contribution in [2.75, 3.05) is 13.2 Å². The Bertz CT molecular complexity index is 380. The van der Waals surface area contributed by atoms with Gasteiger partial charge in [0.15, 0.2) is 0 Å². The predicted octanol–water partition coefficient (Wildman–Crippen LogP) is 1.19. The molecule has 0 radical (unpaired) electrons. The maximum Gasteiger partial charge on any atom is 0.325 e. The number of rotatable bonds is 8. The number of carboxylic acids is 1. The molecule has 19 heavy (non-hydrogen) atoms. The molecular formula is C14H21NO4. The summed E-state index contributed by atoms with van der Waals surface area (Å²) in [4.78, 5) is 11.2. The highest BCUT2D eigenvalue weighted by molar-refractivity contribution is 5.75. The molecule has 1 rings (SSSR count). The van der Waals surface area contributed by atoms with Gasteiger partial charge >= 0.3 is 5.97 Å². The molecule has 1 aromatic carbocycles. The average molecular weight is 267 g/mol. The fraction of sp³-hybridized carbons (Fsp3) is 0.500. The van der Waals surface area contributed by atoms with Crippen molar-refractivity contribution in [3.05, 3.63) is 35.9 Å². The van der Waals surface area contributed by atoms with Gasteiger partial charge in [-0.3, -0.25) is 10.1 Å². The Morgan fingerprint density at radius 2 is 1.95 bits per heavy atom. The third kappa shape index (κ3) is 5.83. The van der Waals surface area contributed by atoms with E-state index in [9.17, 15) is 15.0 Å². The van der Waals surface area contributed by atoms with Gasteiger partial charge in [-0.15, -0.1) is 0 Å². The topological polar surface area (TPSA) is 78.8 Å². The average Bonchev–Trinajstić information content (AvgIpc) is 2.37. The van der Waals surface area contributed by atoms with Crippen LogP contribution in [-0.4, -0.2) is 41.5 Å². The standard InChI is InChI=1S/C14H21NO4/c1-10(2)19-9-12(16)8-15-13(14(17)18)11-6-4-3-5-7-11/h3-7,10,12-13,15-16H,8-9H2,1-2H3,(H,17,18). The first-order valence-electron chi connectivity index (χ1n) is 6.31. The van der Waals surface area contributed by atoms with E-state index < -0.39 is 18.1 Å². The third-order valence-electron chi connectivity index (χ3n) is 2.56. The predicted molar refractivity (Wildman–Crippen MR) is 71.9 cm³/mol. The van der Waals surface area contributed by atoms with Crippen molar-refractivity contribution in [1.82, 2.24) is 5.32 Å². The molecule has 0 aliphatic rings. The van der Waals surface area contributed by atoms with Crippen LogP contribution in [0.3, 0.4) is 0 Å². The van der Waals surface area contributed by atoms with Gasteiger partial charge < -0.3 is 14.9 Å². The second kappa shape index (κ2) is 7.89. The second-order valence-electron chi connectivity index (χ2n) is 4.63. The molecule has 1 aromatic rings. The molecule has 2 atom stereocenters. The minimum atomic E-state index is -0.969. The van der Waals surface area contributed by atoms with E-state index in [-0.39, 0.29) is 19.3 Å². The van der Waals surface area contributed by atoms with Crippen LogP contribution in [0.2, 0.25) is 0 Å². The summed E-state index contributed by atoms with van der Waals surface area (Å²) in [6.45, 7) is 4.11. The molecular weight excluding hydrogens is 246 g/mol. The van der Waals surface area contributed by atoms with Crippen LogP contribution in [0.25, 0.3) is 0 Å². The summed E-state index contributed by atoms with van der Waals surface area (Å²) in [5.41, 5.74) is 0.659. The van der Waals surface area contributed by atoms with Crippen LogP contribution in [0.4, 0.5) is 0 Å². The van der Waals surface area contributed by atoms with E-state index in [2.05, 4.69) is 5.32 Å². The van der Waals surface area contributed by atoms with Crippen molar-refractivity contribution < 1.29 is 19.7 Å². The van der Waals surface area contributed by atoms with Gasteiger partial charge in [0.2, 0.25) is 0 Å². The van der Waals surface area contributed by atoms with Gasteiger partial charge in [-0.1, -0.05) is 30.3 Å². The lowest BCUT2D eigenvalue weighted by Crippen LogP contribution is -2.36. The molecule has 0 spiro atoms. The number of hydrogen-bond acceptors (Lipinski definition) is 4. The van der Waals surface area contributed by atoms with Crippen molar-refractivity contribution in [2.24, 2.45) is 0 Å². The molecule has 2 unspecified atom stereocenters. The summed E-state index contributed by atoms with van der Waals surface area (Å²) in [5, 5.41) is 21.7. The number of ether oxygens (including phenoxy) is 1. The Morgan fingerprint density at radius 3 is 2.47 bits per heavy atom. The van der Waals surface area contributed by atoms with E-state index in [1.807, 2.05) is 19.9 Å². The number of nitrogens with one attached hydrogen (secondary N) is 1. The lowest BCUT2D eigenvalue weighted by atomic mass is 10.1. The van der Waals surface area contributed by atoms with Crippen molar-refractivity contribution in [2.45, 2.75) is 32.1 Å². The zero-order chi connectivity index (χ0) is 14.3. The van der Waals surface area contributed by atoms with Crippen molar-refractivity contribution in [3.63, 3.8) is 0 Å². The van der Waals surface area contributed by atoms with Crippen molar-refractivity contribution in [1.29, 1.82) is 0 Å². The fourth-order valence-corrected chi connectivity index (χ4v) is 1.61. The largest absolute Gasteiger partial charge is 0.480 e. The summed E-state index contributed by atoms with van der Waals surface area (Å²) >= 11 is 0. The van der Waals surface area contributed by atoms with Gasteiger partial charge in [-0.05, 0) is 19.4 Å². The van der Waals surface area contributed by atoms with E-state index in [1.165, 1.54) is 0 Å². The lowest BCUT2D eigenvalue weighted by molar-refractivity contribution is -0.139. The third-order valence-corrected chi connectivity index (χ3v) is 2.56.